The van der Waals surface area contributed by atoms with Gasteiger partial charge in [-0.05, 0) is 37.1 Å². The normalized spacial score (nSPS) is 10.1. The lowest BCUT2D eigenvalue weighted by molar-refractivity contribution is 0.568. The molecule has 0 N–H and O–H groups in total. The molecule has 0 aliphatic carbocycles. The summed E-state index contributed by atoms with van der Waals surface area (Å²) in [5, 5.41) is 2.41. The van der Waals surface area contributed by atoms with E-state index < -0.39 is 0 Å². The summed E-state index contributed by atoms with van der Waals surface area (Å²) >= 11 is 6.47. The molecule has 0 saturated carbocycles. The van der Waals surface area contributed by atoms with Crippen LogP contribution in [0, 0.1) is 0 Å². The molecule has 0 rings (SSSR count). The fraction of sp³-hybridized carbons (Fsp3) is 0.923. The van der Waals surface area contributed by atoms with Crippen LogP contribution in [0.15, 0.2) is 4.99 Å². The molecule has 0 aliphatic heterocycles. The zero-order valence-electron chi connectivity index (χ0n) is 10.5. The van der Waals surface area contributed by atoms with Gasteiger partial charge >= 0.3 is 0 Å². The van der Waals surface area contributed by atoms with Crippen molar-refractivity contribution in [2.45, 2.75) is 57.8 Å². The fourth-order valence-corrected chi connectivity index (χ4v) is 2.30. The van der Waals surface area contributed by atoms with Crippen LogP contribution in [0.3, 0.4) is 0 Å². The lowest BCUT2D eigenvalue weighted by Crippen LogP contribution is -1.84. The van der Waals surface area contributed by atoms with Crippen molar-refractivity contribution in [1.82, 2.24) is 0 Å². The van der Waals surface area contributed by atoms with E-state index in [0.717, 1.165) is 6.54 Å². The summed E-state index contributed by atoms with van der Waals surface area (Å²) in [5.74, 6) is 1.33. The summed E-state index contributed by atoms with van der Waals surface area (Å²) in [7, 11) is 0. The van der Waals surface area contributed by atoms with Crippen molar-refractivity contribution in [1.29, 1.82) is 0 Å². The van der Waals surface area contributed by atoms with Crippen molar-refractivity contribution in [3.63, 3.8) is 0 Å². The van der Waals surface area contributed by atoms with Crippen LogP contribution in [-0.2, 0) is 0 Å². The van der Waals surface area contributed by atoms with E-state index in [0.29, 0.717) is 0 Å². The average Bonchev–Trinajstić information content (AvgIpc) is 2.31. The van der Waals surface area contributed by atoms with Crippen LogP contribution < -0.4 is 0 Å². The second-order valence-corrected chi connectivity index (χ2v) is 5.32. The molecule has 0 atom stereocenters. The Hall–Kier alpha value is 0.150. The Bertz CT molecular complexity index is 177. The minimum absolute atomic E-state index is 0.873. The van der Waals surface area contributed by atoms with E-state index >= 15 is 0 Å². The third-order valence-corrected chi connectivity index (χ3v) is 3.51. The Kier molecular flexibility index (Phi) is 15.3. The Balaban J connectivity index is 2.90. The summed E-state index contributed by atoms with van der Waals surface area (Å²) in [6, 6.07) is 0. The van der Waals surface area contributed by atoms with Gasteiger partial charge < -0.3 is 0 Å². The number of rotatable bonds is 12. The smallest absolute Gasteiger partial charge is 0.0584 e. The molecule has 0 radical (unpaired) electrons. The molecule has 0 spiro atoms. The van der Waals surface area contributed by atoms with Gasteiger partial charge in [-0.15, -0.1) is 0 Å². The second kappa shape index (κ2) is 15.1. The highest BCUT2D eigenvalue weighted by Crippen LogP contribution is 2.10. The first kappa shape index (κ1) is 16.1. The lowest BCUT2D eigenvalue weighted by Gasteiger charge is -2.01. The molecule has 0 saturated heterocycles. The van der Waals surface area contributed by atoms with E-state index in [9.17, 15) is 0 Å². The lowest BCUT2D eigenvalue weighted by atomic mass is 10.1. The van der Waals surface area contributed by atoms with Gasteiger partial charge in [0.15, 0.2) is 0 Å². The minimum Gasteiger partial charge on any atom is -0.233 e. The zero-order chi connectivity index (χ0) is 11.9. The summed E-state index contributed by atoms with van der Waals surface area (Å²) in [6.07, 6.45) is 14.5. The van der Waals surface area contributed by atoms with E-state index in [2.05, 4.69) is 28.6 Å². The van der Waals surface area contributed by atoms with Crippen LogP contribution in [0.4, 0.5) is 0 Å². The number of hydrogen-bond donors (Lipinski definition) is 0. The molecule has 94 valence electrons. The van der Waals surface area contributed by atoms with Crippen molar-refractivity contribution in [3.8, 4) is 0 Å². The molecule has 0 aromatic heterocycles. The fourth-order valence-electron chi connectivity index (χ4n) is 1.72. The van der Waals surface area contributed by atoms with Crippen molar-refractivity contribution in [2.24, 2.45) is 4.99 Å². The van der Waals surface area contributed by atoms with Gasteiger partial charge in [-0.1, -0.05) is 44.9 Å². The number of isothiocyanates is 1. The highest BCUT2D eigenvalue weighted by Gasteiger charge is 1.92. The number of hydrogen-bond acceptors (Lipinski definition) is 3. The molecule has 0 heterocycles. The predicted octanol–water partition coefficient (Wildman–Crippen LogP) is 4.96. The number of unbranched alkanes of at least 4 members (excludes halogenated alkanes) is 8. The third-order valence-electron chi connectivity index (χ3n) is 2.68. The molecular weight excluding hydrogens is 234 g/mol. The van der Waals surface area contributed by atoms with Crippen LogP contribution in [0.1, 0.15) is 57.8 Å². The maximum absolute atomic E-state index is 4.51. The summed E-state index contributed by atoms with van der Waals surface area (Å²) < 4.78 is 0. The molecule has 1 nitrogen and oxygen atoms in total. The third kappa shape index (κ3) is 14.1. The summed E-state index contributed by atoms with van der Waals surface area (Å²) in [5.41, 5.74) is 0. The van der Waals surface area contributed by atoms with Crippen molar-refractivity contribution in [2.75, 3.05) is 18.6 Å². The average molecular weight is 259 g/mol. The molecule has 0 aliphatic rings. The topological polar surface area (TPSA) is 12.4 Å². The molecule has 3 heteroatoms. The van der Waals surface area contributed by atoms with E-state index in [4.69, 9.17) is 0 Å². The van der Waals surface area contributed by atoms with Crippen molar-refractivity contribution < 1.29 is 0 Å². The molecule has 0 aromatic rings. The molecular formula is C13H25NS2. The molecule has 0 amide bonds. The maximum Gasteiger partial charge on any atom is 0.0584 e. The van der Waals surface area contributed by atoms with Crippen molar-refractivity contribution in [3.05, 3.63) is 0 Å². The van der Waals surface area contributed by atoms with Gasteiger partial charge in [0.2, 0.25) is 0 Å². The second-order valence-electron chi connectivity index (χ2n) is 4.15. The number of thiocarbonyl (C=S) groups is 1. The number of thioether (sulfide) groups is 1. The van der Waals surface area contributed by atoms with Gasteiger partial charge in [-0.3, -0.25) is 0 Å². The molecule has 16 heavy (non-hydrogen) atoms. The van der Waals surface area contributed by atoms with Gasteiger partial charge in [0.05, 0.1) is 5.16 Å². The summed E-state index contributed by atoms with van der Waals surface area (Å²) in [6.45, 7) is 0.873. The van der Waals surface area contributed by atoms with Gasteiger partial charge in [-0.25, -0.2) is 4.99 Å². The van der Waals surface area contributed by atoms with E-state index in [1.165, 1.54) is 63.5 Å². The summed E-state index contributed by atoms with van der Waals surface area (Å²) in [4.78, 5) is 3.91. The van der Waals surface area contributed by atoms with Crippen LogP contribution >= 0.6 is 24.0 Å². The van der Waals surface area contributed by atoms with E-state index in [1.54, 1.807) is 0 Å². The Morgan fingerprint density at radius 3 is 1.88 bits per heavy atom. The zero-order valence-corrected chi connectivity index (χ0v) is 12.2. The monoisotopic (exact) mass is 259 g/mol. The van der Waals surface area contributed by atoms with Crippen LogP contribution in [0.2, 0.25) is 0 Å². The highest BCUT2D eigenvalue weighted by atomic mass is 32.2. The van der Waals surface area contributed by atoms with E-state index in [1.807, 2.05) is 11.8 Å². The standard InChI is InChI=1S/C13H25NS2/c1-16-12-10-8-6-4-2-3-5-7-9-11-14-13-15/h2-12H2,1H3. The molecule has 0 aromatic carbocycles. The van der Waals surface area contributed by atoms with E-state index in [-0.39, 0.29) is 0 Å². The highest BCUT2D eigenvalue weighted by molar-refractivity contribution is 7.98. The minimum atomic E-state index is 0.873. The molecule has 0 fully saturated rings. The first-order valence-electron chi connectivity index (χ1n) is 6.44. The molecule has 0 unspecified atom stereocenters. The molecule has 0 bridgehead atoms. The van der Waals surface area contributed by atoms with Crippen LogP contribution in [0.5, 0.6) is 0 Å². The maximum atomic E-state index is 4.51. The van der Waals surface area contributed by atoms with Crippen LogP contribution in [0.25, 0.3) is 0 Å². The quantitative estimate of drug-likeness (QED) is 0.279. The van der Waals surface area contributed by atoms with Gasteiger partial charge in [0.25, 0.3) is 0 Å². The Labute approximate surface area is 110 Å². The van der Waals surface area contributed by atoms with Gasteiger partial charge in [0.1, 0.15) is 0 Å². The SMILES string of the molecule is CSCCCCCCCCCCCN=C=S. The Morgan fingerprint density at radius 2 is 1.38 bits per heavy atom. The van der Waals surface area contributed by atoms with Gasteiger partial charge in [-0.2, -0.15) is 11.8 Å². The first-order chi connectivity index (χ1) is 7.91. The first-order valence-corrected chi connectivity index (χ1v) is 8.24. The van der Waals surface area contributed by atoms with Crippen molar-refractivity contribution >= 4 is 29.1 Å². The predicted molar refractivity (Wildman–Crippen MR) is 79.8 cm³/mol. The van der Waals surface area contributed by atoms with Gasteiger partial charge in [0, 0.05) is 6.54 Å². The number of nitrogens with zero attached hydrogens (tertiary/aromatic N) is 1. The largest absolute Gasteiger partial charge is 0.233 e. The number of aliphatic imine (C=N–C) groups is 1. The Morgan fingerprint density at radius 1 is 0.875 bits per heavy atom. The van der Waals surface area contributed by atoms with Crippen LogP contribution in [-0.4, -0.2) is 23.7 Å².